The minimum atomic E-state index is -4.80. The van der Waals surface area contributed by atoms with Crippen LogP contribution in [0.15, 0.2) is 63.9 Å². The Labute approximate surface area is 192 Å². The van der Waals surface area contributed by atoms with Gasteiger partial charge in [0, 0.05) is 43.4 Å². The predicted octanol–water partition coefficient (Wildman–Crippen LogP) is 3.90. The van der Waals surface area contributed by atoms with Crippen LogP contribution < -0.4 is 0 Å². The van der Waals surface area contributed by atoms with Crippen LogP contribution in [0.1, 0.15) is 16.8 Å². The van der Waals surface area contributed by atoms with Gasteiger partial charge in [-0.2, -0.15) is 22.6 Å². The number of fused-ring (bicyclic) bond motifs is 1. The summed E-state index contributed by atoms with van der Waals surface area (Å²) < 4.78 is 75.4. The first-order chi connectivity index (χ1) is 16.2. The van der Waals surface area contributed by atoms with Crippen LogP contribution in [-0.4, -0.2) is 39.2 Å². The summed E-state index contributed by atoms with van der Waals surface area (Å²) in [5, 5.41) is 12.6. The van der Waals surface area contributed by atoms with Crippen LogP contribution in [0.5, 0.6) is 0 Å². The van der Waals surface area contributed by atoms with Gasteiger partial charge in [-0.1, -0.05) is 30.3 Å². The van der Waals surface area contributed by atoms with Crippen LogP contribution >= 0.6 is 0 Å². The number of halogens is 3. The van der Waals surface area contributed by atoms with E-state index >= 15 is 0 Å². The average molecular weight is 489 g/mol. The van der Waals surface area contributed by atoms with Gasteiger partial charge >= 0.3 is 6.18 Å². The Balaban J connectivity index is 1.52. The number of rotatable bonds is 4. The van der Waals surface area contributed by atoms with Gasteiger partial charge in [0.1, 0.15) is 0 Å². The molecule has 0 saturated carbocycles. The molecule has 8 nitrogen and oxygen atoms in total. The highest BCUT2D eigenvalue weighted by molar-refractivity contribution is 7.89. The van der Waals surface area contributed by atoms with Crippen molar-refractivity contribution in [3.05, 3.63) is 71.4 Å². The molecule has 2 aromatic heterocycles. The van der Waals surface area contributed by atoms with E-state index < -0.39 is 26.7 Å². The molecule has 0 atom stereocenters. The van der Waals surface area contributed by atoms with Gasteiger partial charge in [0.15, 0.2) is 5.69 Å². The van der Waals surface area contributed by atoms with E-state index in [2.05, 4.69) is 15.3 Å². The predicted molar refractivity (Wildman–Crippen MR) is 115 cm³/mol. The molecule has 0 bridgehead atoms. The van der Waals surface area contributed by atoms with E-state index in [0.29, 0.717) is 16.8 Å². The Hall–Kier alpha value is -3.51. The molecule has 0 spiro atoms. The first kappa shape index (κ1) is 22.3. The Bertz CT molecular complexity index is 1460. The largest absolute Gasteiger partial charge is 0.417 e. The number of sulfonamides is 1. The van der Waals surface area contributed by atoms with Crippen LogP contribution in [0, 0.1) is 0 Å². The maximum atomic E-state index is 13.5. The number of alkyl halides is 3. The smallest absolute Gasteiger partial charge is 0.415 e. The summed E-state index contributed by atoms with van der Waals surface area (Å²) in [6.07, 6.45) is -4.53. The molecule has 34 heavy (non-hydrogen) atoms. The van der Waals surface area contributed by atoms with Crippen molar-refractivity contribution in [2.75, 3.05) is 6.54 Å². The SMILES string of the molecule is Cn1nc(-c2nnc(-c3ccccc3)o2)c2c1CCN(S(=O)(=O)c1ccccc1C(F)(F)F)C2. The lowest BCUT2D eigenvalue weighted by Crippen LogP contribution is -2.37. The molecule has 0 fully saturated rings. The summed E-state index contributed by atoms with van der Waals surface area (Å²) in [5.74, 6) is 0.375. The fourth-order valence-corrected chi connectivity index (χ4v) is 5.65. The number of aromatic nitrogens is 4. The fourth-order valence-electron chi connectivity index (χ4n) is 4.03. The lowest BCUT2D eigenvalue weighted by Gasteiger charge is -2.27. The highest BCUT2D eigenvalue weighted by Crippen LogP contribution is 2.37. The van der Waals surface area contributed by atoms with Gasteiger partial charge in [-0.25, -0.2) is 8.42 Å². The maximum absolute atomic E-state index is 13.5. The van der Waals surface area contributed by atoms with Gasteiger partial charge in [-0.05, 0) is 24.3 Å². The summed E-state index contributed by atoms with van der Waals surface area (Å²) in [7, 11) is -2.73. The molecule has 0 N–H and O–H groups in total. The van der Waals surface area contributed by atoms with Crippen LogP contribution in [-0.2, 0) is 36.2 Å². The molecule has 0 radical (unpaired) electrons. The molecule has 12 heteroatoms. The summed E-state index contributed by atoms with van der Waals surface area (Å²) in [5.41, 5.74) is 1.09. The van der Waals surface area contributed by atoms with Gasteiger partial charge in [-0.15, -0.1) is 10.2 Å². The summed E-state index contributed by atoms with van der Waals surface area (Å²) in [6, 6.07) is 13.3. The van der Waals surface area contributed by atoms with E-state index in [-0.39, 0.29) is 31.3 Å². The van der Waals surface area contributed by atoms with Crippen molar-refractivity contribution in [2.45, 2.75) is 24.0 Å². The second-order valence-electron chi connectivity index (χ2n) is 7.76. The lowest BCUT2D eigenvalue weighted by atomic mass is 10.1. The van der Waals surface area contributed by atoms with Gasteiger partial charge < -0.3 is 4.42 Å². The molecule has 0 unspecified atom stereocenters. The summed E-state index contributed by atoms with van der Waals surface area (Å²) in [4.78, 5) is -0.777. The maximum Gasteiger partial charge on any atom is 0.417 e. The van der Waals surface area contributed by atoms with Gasteiger partial charge in [0.25, 0.3) is 5.89 Å². The third-order valence-electron chi connectivity index (χ3n) is 5.67. The average Bonchev–Trinajstić information content (AvgIpc) is 3.44. The van der Waals surface area contributed by atoms with Crippen LogP contribution in [0.25, 0.3) is 23.0 Å². The second kappa shape index (κ2) is 8.06. The van der Waals surface area contributed by atoms with Gasteiger partial charge in [0.05, 0.1) is 10.5 Å². The molecule has 176 valence electrons. The number of hydrogen-bond donors (Lipinski definition) is 0. The Morgan fingerprint density at radius 2 is 1.65 bits per heavy atom. The molecule has 0 amide bonds. The van der Waals surface area contributed by atoms with Crippen molar-refractivity contribution in [1.82, 2.24) is 24.3 Å². The Kier molecular flexibility index (Phi) is 5.29. The van der Waals surface area contributed by atoms with E-state index in [0.717, 1.165) is 28.2 Å². The number of hydrogen-bond acceptors (Lipinski definition) is 6. The quantitative estimate of drug-likeness (QED) is 0.432. The fraction of sp³-hybridized carbons (Fsp3) is 0.227. The number of nitrogens with zero attached hydrogens (tertiary/aromatic N) is 5. The molecule has 3 heterocycles. The van der Waals surface area contributed by atoms with E-state index in [4.69, 9.17) is 4.42 Å². The molecule has 2 aromatic carbocycles. The zero-order valence-corrected chi connectivity index (χ0v) is 18.6. The molecular formula is C22H18F3N5O3S. The highest BCUT2D eigenvalue weighted by atomic mass is 32.2. The van der Waals surface area contributed by atoms with E-state index in [9.17, 15) is 21.6 Å². The van der Waals surface area contributed by atoms with Crippen molar-refractivity contribution in [1.29, 1.82) is 0 Å². The monoisotopic (exact) mass is 489 g/mol. The van der Waals surface area contributed by atoms with Crippen LogP contribution in [0.4, 0.5) is 13.2 Å². The van der Waals surface area contributed by atoms with E-state index in [1.165, 1.54) is 6.07 Å². The van der Waals surface area contributed by atoms with Crippen molar-refractivity contribution in [3.63, 3.8) is 0 Å². The van der Waals surface area contributed by atoms with Crippen LogP contribution in [0.3, 0.4) is 0 Å². The zero-order chi connectivity index (χ0) is 24.1. The molecule has 1 aliphatic heterocycles. The second-order valence-corrected chi connectivity index (χ2v) is 9.66. The number of benzene rings is 2. The molecule has 1 aliphatic rings. The van der Waals surface area contributed by atoms with Crippen molar-refractivity contribution in [2.24, 2.45) is 7.05 Å². The summed E-state index contributed by atoms with van der Waals surface area (Å²) >= 11 is 0. The minimum absolute atomic E-state index is 0.0135. The molecular weight excluding hydrogens is 471 g/mol. The van der Waals surface area contributed by atoms with E-state index in [1.807, 2.05) is 18.2 Å². The van der Waals surface area contributed by atoms with Gasteiger partial charge in [0.2, 0.25) is 15.9 Å². The Morgan fingerprint density at radius 1 is 0.971 bits per heavy atom. The third-order valence-corrected chi connectivity index (χ3v) is 7.57. The molecule has 0 saturated heterocycles. The van der Waals surface area contributed by atoms with Crippen LogP contribution in [0.2, 0.25) is 0 Å². The number of aryl methyl sites for hydroxylation is 1. The standard InChI is InChI=1S/C22H18F3N5O3S/c1-29-17-11-12-30(34(31,32)18-10-6-5-9-16(18)22(23,24)25)13-15(17)19(28-29)21-27-26-20(33-21)14-7-3-2-4-8-14/h2-10H,11-13H2,1H3. The highest BCUT2D eigenvalue weighted by Gasteiger charge is 2.40. The van der Waals surface area contributed by atoms with Crippen molar-refractivity contribution in [3.8, 4) is 23.0 Å². The molecule has 5 rings (SSSR count). The zero-order valence-electron chi connectivity index (χ0n) is 17.8. The van der Waals surface area contributed by atoms with Gasteiger partial charge in [-0.3, -0.25) is 4.68 Å². The Morgan fingerprint density at radius 3 is 2.38 bits per heavy atom. The molecule has 4 aromatic rings. The van der Waals surface area contributed by atoms with Crippen molar-refractivity contribution >= 4 is 10.0 Å². The first-order valence-corrected chi connectivity index (χ1v) is 11.7. The normalized spacial score (nSPS) is 14.8. The first-order valence-electron chi connectivity index (χ1n) is 10.3. The molecule has 0 aliphatic carbocycles. The third kappa shape index (κ3) is 3.78. The topological polar surface area (TPSA) is 94.1 Å². The van der Waals surface area contributed by atoms with Crippen molar-refractivity contribution < 1.29 is 26.0 Å². The lowest BCUT2D eigenvalue weighted by molar-refractivity contribution is -0.139. The summed E-state index contributed by atoms with van der Waals surface area (Å²) in [6.45, 7) is -0.157. The minimum Gasteiger partial charge on any atom is -0.415 e. The van der Waals surface area contributed by atoms with E-state index in [1.54, 1.807) is 23.9 Å².